The highest BCUT2D eigenvalue weighted by atomic mass is 16.3. The Hall–Kier alpha value is -2.09. The molecule has 0 saturated heterocycles. The molecular weight excluding hydrogens is 212 g/mol. The van der Waals surface area contributed by atoms with Crippen molar-refractivity contribution >= 4 is 5.78 Å². The third-order valence-corrected chi connectivity index (χ3v) is 3.32. The second-order valence-corrected chi connectivity index (χ2v) is 4.43. The molecule has 0 spiro atoms. The number of fused-ring (bicyclic) bond motifs is 2. The van der Waals surface area contributed by atoms with E-state index in [1.807, 2.05) is 31.2 Å². The van der Waals surface area contributed by atoms with Crippen molar-refractivity contribution in [2.45, 2.75) is 13.3 Å². The van der Waals surface area contributed by atoms with Crippen molar-refractivity contribution in [2.75, 3.05) is 0 Å². The summed E-state index contributed by atoms with van der Waals surface area (Å²) < 4.78 is 0. The highest BCUT2D eigenvalue weighted by Crippen LogP contribution is 2.33. The fraction of sp³-hybridized carbons (Fsp3) is 0.133. The van der Waals surface area contributed by atoms with Gasteiger partial charge in [-0.25, -0.2) is 0 Å². The maximum absolute atomic E-state index is 12.4. The first kappa shape index (κ1) is 10.1. The third kappa shape index (κ3) is 1.37. The number of ketones is 1. The van der Waals surface area contributed by atoms with E-state index in [2.05, 4.69) is 0 Å². The van der Waals surface area contributed by atoms with E-state index in [0.717, 1.165) is 22.3 Å². The first-order chi connectivity index (χ1) is 8.18. The Balaban J connectivity index is 2.30. The Morgan fingerprint density at radius 2 is 1.65 bits per heavy atom. The van der Waals surface area contributed by atoms with Crippen molar-refractivity contribution in [3.8, 4) is 5.75 Å². The van der Waals surface area contributed by atoms with Gasteiger partial charge in [0.1, 0.15) is 5.75 Å². The maximum Gasteiger partial charge on any atom is 0.197 e. The predicted molar refractivity (Wildman–Crippen MR) is 65.5 cm³/mol. The third-order valence-electron chi connectivity index (χ3n) is 3.32. The van der Waals surface area contributed by atoms with Crippen LogP contribution in [0.25, 0.3) is 0 Å². The molecule has 17 heavy (non-hydrogen) atoms. The number of carbonyl (C=O) groups excluding carboxylic acids is 1. The highest BCUT2D eigenvalue weighted by molar-refractivity contribution is 6.14. The number of aromatic hydroxyl groups is 1. The van der Waals surface area contributed by atoms with E-state index in [1.165, 1.54) is 0 Å². The van der Waals surface area contributed by atoms with Crippen molar-refractivity contribution in [1.82, 2.24) is 0 Å². The second kappa shape index (κ2) is 3.45. The van der Waals surface area contributed by atoms with Crippen molar-refractivity contribution in [3.63, 3.8) is 0 Å². The number of hydrogen-bond donors (Lipinski definition) is 1. The molecule has 0 radical (unpaired) electrons. The maximum atomic E-state index is 12.4. The Morgan fingerprint density at radius 1 is 1.00 bits per heavy atom. The topological polar surface area (TPSA) is 37.3 Å². The lowest BCUT2D eigenvalue weighted by Crippen LogP contribution is -2.16. The van der Waals surface area contributed by atoms with Crippen LogP contribution in [0.4, 0.5) is 0 Å². The molecule has 0 aromatic heterocycles. The van der Waals surface area contributed by atoms with Crippen LogP contribution in [0.2, 0.25) is 0 Å². The molecule has 0 fully saturated rings. The molecule has 2 nitrogen and oxygen atoms in total. The monoisotopic (exact) mass is 224 g/mol. The standard InChI is InChI=1S/C15H12O2/c1-9-4-2-5-10-8-11-6-3-7-12(16)14(11)15(17)13(9)10/h2-7,16H,8H2,1H3. The van der Waals surface area contributed by atoms with Crippen LogP contribution in [-0.4, -0.2) is 10.9 Å². The van der Waals surface area contributed by atoms with E-state index in [1.54, 1.807) is 12.1 Å². The fourth-order valence-corrected chi connectivity index (χ4v) is 2.53. The number of aryl methyl sites for hydroxylation is 1. The van der Waals surface area contributed by atoms with Gasteiger partial charge in [0.05, 0.1) is 5.56 Å². The normalized spacial score (nSPS) is 13.1. The van der Waals surface area contributed by atoms with E-state index in [4.69, 9.17) is 0 Å². The zero-order valence-electron chi connectivity index (χ0n) is 9.53. The molecule has 0 bridgehead atoms. The molecule has 0 aliphatic heterocycles. The van der Waals surface area contributed by atoms with E-state index < -0.39 is 0 Å². The van der Waals surface area contributed by atoms with Crippen LogP contribution in [0.15, 0.2) is 36.4 Å². The Labute approximate surface area is 99.5 Å². The lowest BCUT2D eigenvalue weighted by molar-refractivity contribution is 0.103. The summed E-state index contributed by atoms with van der Waals surface area (Å²) in [5.41, 5.74) is 4.15. The van der Waals surface area contributed by atoms with Crippen molar-refractivity contribution in [1.29, 1.82) is 0 Å². The minimum Gasteiger partial charge on any atom is -0.507 e. The minimum absolute atomic E-state index is 0.0579. The van der Waals surface area contributed by atoms with Crippen LogP contribution < -0.4 is 0 Å². The van der Waals surface area contributed by atoms with E-state index >= 15 is 0 Å². The molecule has 1 N–H and O–H groups in total. The Bertz CT molecular complexity index is 573. The van der Waals surface area contributed by atoms with Gasteiger partial charge >= 0.3 is 0 Å². The van der Waals surface area contributed by atoms with Gasteiger partial charge in [-0.3, -0.25) is 4.79 Å². The molecule has 0 saturated carbocycles. The summed E-state index contributed by atoms with van der Waals surface area (Å²) in [5.74, 6) is 0.0267. The summed E-state index contributed by atoms with van der Waals surface area (Å²) in [5, 5.41) is 9.82. The number of benzene rings is 2. The number of hydrogen-bond acceptors (Lipinski definition) is 2. The number of phenolic OH excluding ortho intramolecular Hbond substituents is 1. The Kier molecular flexibility index (Phi) is 2.05. The molecule has 0 unspecified atom stereocenters. The van der Waals surface area contributed by atoms with E-state index in [9.17, 15) is 9.90 Å². The lowest BCUT2D eigenvalue weighted by atomic mass is 9.82. The van der Waals surface area contributed by atoms with Gasteiger partial charge in [0, 0.05) is 5.56 Å². The fourth-order valence-electron chi connectivity index (χ4n) is 2.53. The summed E-state index contributed by atoms with van der Waals surface area (Å²) in [6, 6.07) is 11.1. The van der Waals surface area contributed by atoms with Gasteiger partial charge < -0.3 is 5.11 Å². The molecule has 0 amide bonds. The van der Waals surface area contributed by atoms with Gasteiger partial charge in [0.2, 0.25) is 0 Å². The van der Waals surface area contributed by atoms with Gasteiger partial charge in [-0.2, -0.15) is 0 Å². The minimum atomic E-state index is -0.0579. The van der Waals surface area contributed by atoms with Crippen LogP contribution in [0, 0.1) is 6.92 Å². The average Bonchev–Trinajstić information content (AvgIpc) is 2.28. The first-order valence-electron chi connectivity index (χ1n) is 5.62. The number of rotatable bonds is 0. The zero-order chi connectivity index (χ0) is 12.0. The number of phenols is 1. The molecule has 1 aliphatic rings. The predicted octanol–water partition coefficient (Wildman–Crippen LogP) is 2.84. The zero-order valence-corrected chi connectivity index (χ0v) is 9.53. The van der Waals surface area contributed by atoms with Crippen LogP contribution in [-0.2, 0) is 6.42 Å². The van der Waals surface area contributed by atoms with E-state index in [0.29, 0.717) is 12.0 Å². The van der Waals surface area contributed by atoms with Crippen molar-refractivity contribution in [3.05, 3.63) is 64.2 Å². The van der Waals surface area contributed by atoms with E-state index in [-0.39, 0.29) is 11.5 Å². The van der Waals surface area contributed by atoms with Gasteiger partial charge in [-0.05, 0) is 36.1 Å². The van der Waals surface area contributed by atoms with Gasteiger partial charge in [0.25, 0.3) is 0 Å². The smallest absolute Gasteiger partial charge is 0.197 e. The lowest BCUT2D eigenvalue weighted by Gasteiger charge is -2.20. The summed E-state index contributed by atoms with van der Waals surface area (Å²) in [6.07, 6.45) is 0.715. The molecule has 2 aromatic carbocycles. The molecule has 2 heteroatoms. The molecule has 2 aromatic rings. The molecular formula is C15H12O2. The second-order valence-electron chi connectivity index (χ2n) is 4.43. The largest absolute Gasteiger partial charge is 0.507 e. The molecule has 3 rings (SSSR count). The van der Waals surface area contributed by atoms with Crippen molar-refractivity contribution in [2.24, 2.45) is 0 Å². The van der Waals surface area contributed by atoms with Crippen LogP contribution in [0.1, 0.15) is 32.6 Å². The van der Waals surface area contributed by atoms with Crippen LogP contribution in [0.3, 0.4) is 0 Å². The molecule has 0 heterocycles. The van der Waals surface area contributed by atoms with Crippen molar-refractivity contribution < 1.29 is 9.90 Å². The average molecular weight is 224 g/mol. The van der Waals surface area contributed by atoms with Crippen LogP contribution in [0.5, 0.6) is 5.75 Å². The number of carbonyl (C=O) groups is 1. The molecule has 1 aliphatic carbocycles. The van der Waals surface area contributed by atoms with Gasteiger partial charge in [-0.1, -0.05) is 30.3 Å². The summed E-state index contributed by atoms with van der Waals surface area (Å²) in [7, 11) is 0. The van der Waals surface area contributed by atoms with Gasteiger partial charge in [-0.15, -0.1) is 0 Å². The molecule has 84 valence electrons. The Morgan fingerprint density at radius 3 is 2.41 bits per heavy atom. The van der Waals surface area contributed by atoms with Crippen LogP contribution >= 0.6 is 0 Å². The summed E-state index contributed by atoms with van der Waals surface area (Å²) in [4.78, 5) is 12.4. The first-order valence-corrected chi connectivity index (χ1v) is 5.62. The quantitative estimate of drug-likeness (QED) is 0.637. The summed E-state index contributed by atoms with van der Waals surface area (Å²) >= 11 is 0. The SMILES string of the molecule is Cc1cccc2c1C(=O)c1c(O)cccc1C2. The molecule has 0 atom stereocenters. The van der Waals surface area contributed by atoms with Gasteiger partial charge in [0.15, 0.2) is 5.78 Å². The summed E-state index contributed by atoms with van der Waals surface area (Å²) in [6.45, 7) is 1.93. The highest BCUT2D eigenvalue weighted by Gasteiger charge is 2.26.